The molecule has 0 aliphatic heterocycles. The predicted molar refractivity (Wildman–Crippen MR) is 30.9 cm³/mol. The van der Waals surface area contributed by atoms with Gasteiger partial charge in [0, 0.05) is 0 Å². The molecule has 0 aromatic rings. The van der Waals surface area contributed by atoms with Gasteiger partial charge in [0.25, 0.3) is 0 Å². The van der Waals surface area contributed by atoms with Crippen LogP contribution in [0.15, 0.2) is 0 Å². The average Bonchev–Trinajstić information content (AvgIpc) is 1.97. The van der Waals surface area contributed by atoms with E-state index in [4.69, 9.17) is 10.2 Å². The standard InChI is InChI=1S/C6H10O3/c1-6(9)3-2-4(7)5(6)8/h4,7,9H,2-3H2,1H3/t4-,6+/m1/s1. The summed E-state index contributed by atoms with van der Waals surface area (Å²) in [5, 5.41) is 17.9. The first-order chi connectivity index (χ1) is 4.04. The Hall–Kier alpha value is -0.410. The summed E-state index contributed by atoms with van der Waals surface area (Å²) in [5.41, 5.74) is -1.26. The van der Waals surface area contributed by atoms with E-state index in [-0.39, 0.29) is 0 Å². The van der Waals surface area contributed by atoms with Gasteiger partial charge in [-0.2, -0.15) is 0 Å². The summed E-state index contributed by atoms with van der Waals surface area (Å²) in [6.45, 7) is 1.44. The van der Waals surface area contributed by atoms with Crippen LogP contribution in [0.4, 0.5) is 0 Å². The van der Waals surface area contributed by atoms with Crippen LogP contribution in [-0.4, -0.2) is 27.7 Å². The number of ketones is 1. The average molecular weight is 130 g/mol. The largest absolute Gasteiger partial charge is 0.385 e. The van der Waals surface area contributed by atoms with Gasteiger partial charge < -0.3 is 10.2 Å². The Kier molecular flexibility index (Phi) is 1.33. The molecule has 0 aromatic carbocycles. The Morgan fingerprint density at radius 3 is 2.44 bits per heavy atom. The molecule has 9 heavy (non-hydrogen) atoms. The first-order valence-electron chi connectivity index (χ1n) is 2.99. The normalized spacial score (nSPS) is 43.9. The first kappa shape index (κ1) is 6.71. The number of rotatable bonds is 0. The second kappa shape index (κ2) is 1.78. The van der Waals surface area contributed by atoms with Gasteiger partial charge in [0.15, 0.2) is 5.78 Å². The third-order valence-electron chi connectivity index (χ3n) is 1.74. The van der Waals surface area contributed by atoms with Crippen molar-refractivity contribution in [2.24, 2.45) is 0 Å². The van der Waals surface area contributed by atoms with Crippen molar-refractivity contribution in [2.45, 2.75) is 31.5 Å². The molecule has 2 N–H and O–H groups in total. The van der Waals surface area contributed by atoms with Gasteiger partial charge in [0.2, 0.25) is 0 Å². The zero-order valence-electron chi connectivity index (χ0n) is 5.29. The molecule has 3 heteroatoms. The van der Waals surface area contributed by atoms with Crippen LogP contribution >= 0.6 is 0 Å². The van der Waals surface area contributed by atoms with Gasteiger partial charge in [0.05, 0.1) is 0 Å². The Bertz CT molecular complexity index is 139. The lowest BCUT2D eigenvalue weighted by atomic mass is 10.1. The SMILES string of the molecule is C[C@]1(O)CC[C@@H](O)C1=O. The molecule has 0 aromatic heterocycles. The van der Waals surface area contributed by atoms with Crippen molar-refractivity contribution in [1.29, 1.82) is 0 Å². The fourth-order valence-electron chi connectivity index (χ4n) is 1.03. The van der Waals surface area contributed by atoms with Crippen LogP contribution in [0.2, 0.25) is 0 Å². The van der Waals surface area contributed by atoms with E-state index in [1.165, 1.54) is 6.92 Å². The van der Waals surface area contributed by atoms with Gasteiger partial charge >= 0.3 is 0 Å². The smallest absolute Gasteiger partial charge is 0.192 e. The van der Waals surface area contributed by atoms with E-state index in [0.29, 0.717) is 12.8 Å². The molecular weight excluding hydrogens is 120 g/mol. The zero-order valence-corrected chi connectivity index (χ0v) is 5.29. The topological polar surface area (TPSA) is 57.5 Å². The summed E-state index contributed by atoms with van der Waals surface area (Å²) in [7, 11) is 0. The van der Waals surface area contributed by atoms with E-state index >= 15 is 0 Å². The van der Waals surface area contributed by atoms with Crippen LogP contribution in [0.25, 0.3) is 0 Å². The molecule has 0 saturated heterocycles. The maximum Gasteiger partial charge on any atom is 0.192 e. The molecule has 1 aliphatic carbocycles. The van der Waals surface area contributed by atoms with Crippen LogP contribution in [0.3, 0.4) is 0 Å². The molecule has 0 amide bonds. The molecule has 0 spiro atoms. The molecule has 0 heterocycles. The number of carbonyl (C=O) groups is 1. The van der Waals surface area contributed by atoms with E-state index in [2.05, 4.69) is 0 Å². The van der Waals surface area contributed by atoms with Gasteiger partial charge in [-0.05, 0) is 19.8 Å². The number of aliphatic hydroxyl groups excluding tert-OH is 1. The molecule has 1 fully saturated rings. The number of aliphatic hydroxyl groups is 2. The van der Waals surface area contributed by atoms with Crippen molar-refractivity contribution in [3.63, 3.8) is 0 Å². The quantitative estimate of drug-likeness (QED) is 0.463. The summed E-state index contributed by atoms with van der Waals surface area (Å²) >= 11 is 0. The van der Waals surface area contributed by atoms with Crippen molar-refractivity contribution in [3.8, 4) is 0 Å². The molecule has 3 nitrogen and oxygen atoms in total. The Labute approximate surface area is 53.3 Å². The third-order valence-corrected chi connectivity index (χ3v) is 1.74. The molecule has 2 atom stereocenters. The second-order valence-electron chi connectivity index (χ2n) is 2.69. The lowest BCUT2D eigenvalue weighted by Crippen LogP contribution is -2.33. The van der Waals surface area contributed by atoms with Crippen LogP contribution in [0.5, 0.6) is 0 Å². The first-order valence-corrected chi connectivity index (χ1v) is 2.99. The maximum absolute atomic E-state index is 10.7. The van der Waals surface area contributed by atoms with Crippen molar-refractivity contribution < 1.29 is 15.0 Å². The fraction of sp³-hybridized carbons (Fsp3) is 0.833. The van der Waals surface area contributed by atoms with Gasteiger partial charge in [0.1, 0.15) is 11.7 Å². The summed E-state index contributed by atoms with van der Waals surface area (Å²) in [6, 6.07) is 0. The van der Waals surface area contributed by atoms with Gasteiger partial charge in [-0.25, -0.2) is 0 Å². The van der Waals surface area contributed by atoms with Crippen LogP contribution in [-0.2, 0) is 4.79 Å². The minimum Gasteiger partial charge on any atom is -0.385 e. The van der Waals surface area contributed by atoms with E-state index in [1.54, 1.807) is 0 Å². The monoisotopic (exact) mass is 130 g/mol. The van der Waals surface area contributed by atoms with Crippen molar-refractivity contribution in [3.05, 3.63) is 0 Å². The highest BCUT2D eigenvalue weighted by molar-refractivity contribution is 5.92. The maximum atomic E-state index is 10.7. The number of carbonyl (C=O) groups excluding carboxylic acids is 1. The highest BCUT2D eigenvalue weighted by Gasteiger charge is 2.41. The van der Waals surface area contributed by atoms with Crippen LogP contribution in [0, 0.1) is 0 Å². The lowest BCUT2D eigenvalue weighted by Gasteiger charge is -2.11. The van der Waals surface area contributed by atoms with Gasteiger partial charge in [-0.1, -0.05) is 0 Å². The van der Waals surface area contributed by atoms with Gasteiger partial charge in [-0.15, -0.1) is 0 Å². The summed E-state index contributed by atoms with van der Waals surface area (Å²) in [5.74, 6) is -0.442. The lowest BCUT2D eigenvalue weighted by molar-refractivity contribution is -0.137. The number of Topliss-reactive ketones (excluding diaryl/α,β-unsaturated/α-hetero) is 1. The molecule has 1 aliphatic rings. The summed E-state index contributed by atoms with van der Waals surface area (Å²) < 4.78 is 0. The van der Waals surface area contributed by atoms with E-state index in [1.807, 2.05) is 0 Å². The van der Waals surface area contributed by atoms with E-state index in [0.717, 1.165) is 0 Å². The minimum absolute atomic E-state index is 0.382. The molecule has 1 rings (SSSR count). The fourth-order valence-corrected chi connectivity index (χ4v) is 1.03. The van der Waals surface area contributed by atoms with Crippen molar-refractivity contribution >= 4 is 5.78 Å². The van der Waals surface area contributed by atoms with Gasteiger partial charge in [-0.3, -0.25) is 4.79 Å². The highest BCUT2D eigenvalue weighted by Crippen LogP contribution is 2.25. The van der Waals surface area contributed by atoms with E-state index in [9.17, 15) is 4.79 Å². The molecule has 52 valence electrons. The van der Waals surface area contributed by atoms with Crippen molar-refractivity contribution in [2.75, 3.05) is 0 Å². The Balaban J connectivity index is 2.74. The zero-order chi connectivity index (χ0) is 7.07. The minimum atomic E-state index is -1.26. The third kappa shape index (κ3) is 0.976. The van der Waals surface area contributed by atoms with Crippen LogP contribution in [0.1, 0.15) is 19.8 Å². The molecule has 1 saturated carbocycles. The molecule has 0 bridgehead atoms. The Morgan fingerprint density at radius 1 is 1.78 bits per heavy atom. The van der Waals surface area contributed by atoms with Crippen LogP contribution < -0.4 is 0 Å². The summed E-state index contributed by atoms with van der Waals surface area (Å²) in [4.78, 5) is 10.7. The number of hydrogen-bond donors (Lipinski definition) is 2. The summed E-state index contributed by atoms with van der Waals surface area (Å²) in [6.07, 6.45) is -0.154. The van der Waals surface area contributed by atoms with Crippen molar-refractivity contribution in [1.82, 2.24) is 0 Å². The second-order valence-corrected chi connectivity index (χ2v) is 2.69. The molecular formula is C6H10O3. The molecule has 0 unspecified atom stereocenters. The Morgan fingerprint density at radius 2 is 2.33 bits per heavy atom. The highest BCUT2D eigenvalue weighted by atomic mass is 16.3. The van der Waals surface area contributed by atoms with E-state index < -0.39 is 17.5 Å². The molecule has 0 radical (unpaired) electrons. The predicted octanol–water partition coefficient (Wildman–Crippen LogP) is -0.539. The number of hydrogen-bond acceptors (Lipinski definition) is 3.